The van der Waals surface area contributed by atoms with Crippen LogP contribution in [-0.2, 0) is 4.79 Å². The van der Waals surface area contributed by atoms with E-state index in [-0.39, 0.29) is 11.8 Å². The lowest BCUT2D eigenvalue weighted by Gasteiger charge is -2.33. The lowest BCUT2D eigenvalue weighted by Crippen LogP contribution is -2.44. The lowest BCUT2D eigenvalue weighted by atomic mass is 9.97. The van der Waals surface area contributed by atoms with E-state index in [0.717, 1.165) is 48.5 Å². The highest BCUT2D eigenvalue weighted by Crippen LogP contribution is 2.31. The van der Waals surface area contributed by atoms with E-state index in [0.29, 0.717) is 17.5 Å². The van der Waals surface area contributed by atoms with Gasteiger partial charge in [-0.2, -0.15) is 5.10 Å². The predicted molar refractivity (Wildman–Crippen MR) is 114 cm³/mol. The fourth-order valence-electron chi connectivity index (χ4n) is 4.05. The van der Waals surface area contributed by atoms with Gasteiger partial charge in [0.25, 0.3) is 0 Å². The Labute approximate surface area is 174 Å². The van der Waals surface area contributed by atoms with Crippen LogP contribution in [0.4, 0.5) is 5.82 Å². The van der Waals surface area contributed by atoms with Crippen molar-refractivity contribution >= 4 is 28.8 Å². The number of nitrogens with zero attached hydrogens (tertiary/aromatic N) is 4. The Morgan fingerprint density at radius 2 is 2.10 bits per heavy atom. The minimum Gasteiger partial charge on any atom is -0.356 e. The molecule has 1 saturated carbocycles. The van der Waals surface area contributed by atoms with Crippen LogP contribution in [0, 0.1) is 11.8 Å². The van der Waals surface area contributed by atoms with E-state index >= 15 is 0 Å². The van der Waals surface area contributed by atoms with E-state index in [1.165, 1.54) is 12.8 Å². The number of carbonyl (C=O) groups is 1. The molecule has 0 spiro atoms. The summed E-state index contributed by atoms with van der Waals surface area (Å²) < 4.78 is 1.85. The van der Waals surface area contributed by atoms with Crippen molar-refractivity contribution in [2.24, 2.45) is 11.8 Å². The van der Waals surface area contributed by atoms with E-state index in [1.54, 1.807) is 6.20 Å². The lowest BCUT2D eigenvalue weighted by molar-refractivity contribution is -0.125. The number of amides is 1. The third-order valence-electron chi connectivity index (χ3n) is 5.87. The summed E-state index contributed by atoms with van der Waals surface area (Å²) in [6.07, 6.45) is 8.03. The van der Waals surface area contributed by atoms with Gasteiger partial charge in [-0.05, 0) is 43.7 Å². The largest absolute Gasteiger partial charge is 0.356 e. The van der Waals surface area contributed by atoms with Crippen molar-refractivity contribution in [1.29, 1.82) is 0 Å². The van der Waals surface area contributed by atoms with Gasteiger partial charge in [0.1, 0.15) is 5.52 Å². The average Bonchev–Trinajstić information content (AvgIpc) is 3.48. The first kappa shape index (κ1) is 18.4. The summed E-state index contributed by atoms with van der Waals surface area (Å²) in [4.78, 5) is 19.5. The van der Waals surface area contributed by atoms with Crippen molar-refractivity contribution < 1.29 is 4.79 Å². The van der Waals surface area contributed by atoms with Crippen molar-refractivity contribution in [2.45, 2.75) is 25.7 Å². The molecule has 5 rings (SSSR count). The molecule has 0 radical (unpaired) electrons. The van der Waals surface area contributed by atoms with E-state index in [4.69, 9.17) is 16.7 Å². The molecule has 1 N–H and O–H groups in total. The number of halogens is 1. The summed E-state index contributed by atoms with van der Waals surface area (Å²) in [5, 5.41) is 8.51. The molecular weight excluding hydrogens is 386 g/mol. The van der Waals surface area contributed by atoms with Crippen LogP contribution >= 0.6 is 11.6 Å². The van der Waals surface area contributed by atoms with Crippen molar-refractivity contribution in [1.82, 2.24) is 19.9 Å². The van der Waals surface area contributed by atoms with Crippen molar-refractivity contribution in [2.75, 3.05) is 24.5 Å². The molecule has 1 aromatic carbocycles. The summed E-state index contributed by atoms with van der Waals surface area (Å²) in [6.45, 7) is 2.41. The number of fused-ring (bicyclic) bond motifs is 1. The van der Waals surface area contributed by atoms with Gasteiger partial charge >= 0.3 is 0 Å². The SMILES string of the molecule is O=C(NCC1CC1)C1CCCN(c2nccn3nc(-c4ccccc4Cl)cc23)C1. The summed E-state index contributed by atoms with van der Waals surface area (Å²) in [5.74, 6) is 1.76. The van der Waals surface area contributed by atoms with E-state index in [9.17, 15) is 4.79 Å². The number of hydrogen-bond acceptors (Lipinski definition) is 4. The number of carbonyl (C=O) groups excluding carboxylic acids is 1. The molecule has 7 heteroatoms. The molecule has 2 fully saturated rings. The Balaban J connectivity index is 1.40. The number of anilines is 1. The van der Waals surface area contributed by atoms with Gasteiger partial charge in [0.15, 0.2) is 5.82 Å². The highest BCUT2D eigenvalue weighted by atomic mass is 35.5. The van der Waals surface area contributed by atoms with Crippen LogP contribution in [0.1, 0.15) is 25.7 Å². The highest BCUT2D eigenvalue weighted by molar-refractivity contribution is 6.33. The van der Waals surface area contributed by atoms with Crippen LogP contribution < -0.4 is 10.2 Å². The van der Waals surface area contributed by atoms with Crippen molar-refractivity contribution in [3.05, 3.63) is 47.7 Å². The van der Waals surface area contributed by atoms with Crippen LogP contribution in [0.5, 0.6) is 0 Å². The van der Waals surface area contributed by atoms with Crippen LogP contribution in [0.15, 0.2) is 42.7 Å². The maximum absolute atomic E-state index is 12.6. The number of nitrogens with one attached hydrogen (secondary N) is 1. The topological polar surface area (TPSA) is 62.5 Å². The number of benzene rings is 1. The molecule has 3 heterocycles. The molecule has 2 aliphatic rings. The van der Waals surface area contributed by atoms with Gasteiger partial charge in [0.2, 0.25) is 5.91 Å². The molecule has 2 aromatic heterocycles. The molecular formula is C22H24ClN5O. The smallest absolute Gasteiger partial charge is 0.224 e. The van der Waals surface area contributed by atoms with Gasteiger partial charge < -0.3 is 10.2 Å². The van der Waals surface area contributed by atoms with Gasteiger partial charge in [0.05, 0.1) is 16.6 Å². The third-order valence-corrected chi connectivity index (χ3v) is 6.20. The second kappa shape index (κ2) is 7.67. The van der Waals surface area contributed by atoms with Crippen LogP contribution in [0.2, 0.25) is 5.02 Å². The normalized spacial score (nSPS) is 19.5. The molecule has 0 bridgehead atoms. The summed E-state index contributed by atoms with van der Waals surface area (Å²) in [6, 6.07) is 9.74. The van der Waals surface area contributed by atoms with E-state index in [2.05, 4.69) is 15.2 Å². The molecule has 6 nitrogen and oxygen atoms in total. The Morgan fingerprint density at radius 3 is 2.93 bits per heavy atom. The first-order chi connectivity index (χ1) is 14.2. The van der Waals surface area contributed by atoms with Crippen LogP contribution in [0.3, 0.4) is 0 Å². The third kappa shape index (κ3) is 3.81. The zero-order valence-corrected chi connectivity index (χ0v) is 17.0. The fraction of sp³-hybridized carbons (Fsp3) is 0.409. The Kier molecular flexibility index (Phi) is 4.87. The predicted octanol–water partition coefficient (Wildman–Crippen LogP) is 3.79. The Bertz CT molecular complexity index is 1040. The molecule has 1 unspecified atom stereocenters. The molecule has 3 aromatic rings. The first-order valence-corrected chi connectivity index (χ1v) is 10.7. The van der Waals surface area contributed by atoms with Crippen LogP contribution in [0.25, 0.3) is 16.8 Å². The molecule has 1 aliphatic carbocycles. The average molecular weight is 410 g/mol. The zero-order chi connectivity index (χ0) is 19.8. The van der Waals surface area contributed by atoms with Crippen molar-refractivity contribution in [3.8, 4) is 11.3 Å². The Hall–Kier alpha value is -2.60. The molecule has 1 saturated heterocycles. The Morgan fingerprint density at radius 1 is 1.24 bits per heavy atom. The van der Waals surface area contributed by atoms with E-state index < -0.39 is 0 Å². The minimum atomic E-state index is 0.00974. The van der Waals surface area contributed by atoms with Crippen LogP contribution in [-0.4, -0.2) is 40.1 Å². The van der Waals surface area contributed by atoms with Crippen molar-refractivity contribution in [3.63, 3.8) is 0 Å². The maximum Gasteiger partial charge on any atom is 0.224 e. The number of piperidine rings is 1. The number of hydrogen-bond donors (Lipinski definition) is 1. The second-order valence-corrected chi connectivity index (χ2v) is 8.47. The highest BCUT2D eigenvalue weighted by Gasteiger charge is 2.29. The summed E-state index contributed by atoms with van der Waals surface area (Å²) in [5.41, 5.74) is 2.65. The molecule has 29 heavy (non-hydrogen) atoms. The summed E-state index contributed by atoms with van der Waals surface area (Å²) in [7, 11) is 0. The molecule has 1 aliphatic heterocycles. The van der Waals surface area contributed by atoms with Gasteiger partial charge in [0, 0.05) is 37.6 Å². The number of rotatable bonds is 5. The van der Waals surface area contributed by atoms with Gasteiger partial charge in [-0.3, -0.25) is 4.79 Å². The van der Waals surface area contributed by atoms with E-state index in [1.807, 2.05) is 41.0 Å². The minimum absolute atomic E-state index is 0.00974. The summed E-state index contributed by atoms with van der Waals surface area (Å²) >= 11 is 6.37. The quantitative estimate of drug-likeness (QED) is 0.696. The monoisotopic (exact) mass is 409 g/mol. The number of aromatic nitrogens is 3. The van der Waals surface area contributed by atoms with Gasteiger partial charge in [-0.25, -0.2) is 9.50 Å². The molecule has 150 valence electrons. The van der Waals surface area contributed by atoms with Gasteiger partial charge in [-0.15, -0.1) is 0 Å². The van der Waals surface area contributed by atoms with Gasteiger partial charge in [-0.1, -0.05) is 29.8 Å². The first-order valence-electron chi connectivity index (χ1n) is 10.3. The maximum atomic E-state index is 12.6. The zero-order valence-electron chi connectivity index (χ0n) is 16.2. The fourth-order valence-corrected chi connectivity index (χ4v) is 4.28. The molecule has 1 amide bonds. The standard InChI is InChI=1S/C22H24ClN5O/c23-18-6-2-1-5-17(18)19-12-20-21(24-9-11-28(20)26-19)27-10-3-4-16(14-27)22(29)25-13-15-7-8-15/h1-2,5-6,9,11-12,15-16H,3-4,7-8,10,13-14H2,(H,25,29). The second-order valence-electron chi connectivity index (χ2n) is 8.06. The molecule has 1 atom stereocenters.